The lowest BCUT2D eigenvalue weighted by atomic mass is 9.84. The molecule has 2 N–H and O–H groups in total. The van der Waals surface area contributed by atoms with Gasteiger partial charge in [-0.2, -0.15) is 0 Å². The summed E-state index contributed by atoms with van der Waals surface area (Å²) in [5.74, 6) is 0.703. The van der Waals surface area contributed by atoms with E-state index in [2.05, 4.69) is 15.2 Å². The second-order valence-electron chi connectivity index (χ2n) is 6.63. The number of benzene rings is 1. The maximum Gasteiger partial charge on any atom is 0.263 e. The number of piperidine rings is 1. The Bertz CT molecular complexity index is 754. The zero-order valence-electron chi connectivity index (χ0n) is 15.2. The smallest absolute Gasteiger partial charge is 0.263 e. The van der Waals surface area contributed by atoms with Crippen LogP contribution >= 0.6 is 11.3 Å². The molecule has 0 saturated carbocycles. The number of carbonyl (C=O) groups excluding carboxylic acids is 1. The summed E-state index contributed by atoms with van der Waals surface area (Å²) in [4.78, 5) is 19.2. The number of thiazole rings is 1. The Balaban J connectivity index is 1.47. The quantitative estimate of drug-likeness (QED) is 0.809. The third kappa shape index (κ3) is 4.23. The van der Waals surface area contributed by atoms with Crippen molar-refractivity contribution in [3.8, 4) is 5.75 Å². The monoisotopic (exact) mass is 375 g/mol. The summed E-state index contributed by atoms with van der Waals surface area (Å²) in [6.45, 7) is 4.80. The number of rotatable bonds is 6. The van der Waals surface area contributed by atoms with Crippen LogP contribution in [0.4, 0.5) is 0 Å². The van der Waals surface area contributed by atoms with Crippen LogP contribution in [-0.2, 0) is 5.60 Å². The number of aromatic nitrogens is 1. The van der Waals surface area contributed by atoms with Gasteiger partial charge in [0, 0.05) is 26.2 Å². The molecule has 0 atom stereocenters. The summed E-state index contributed by atoms with van der Waals surface area (Å²) in [5.41, 5.74) is 2.56. The van der Waals surface area contributed by atoms with Crippen molar-refractivity contribution in [1.29, 1.82) is 0 Å². The van der Waals surface area contributed by atoms with Crippen molar-refractivity contribution in [3.05, 3.63) is 45.9 Å². The van der Waals surface area contributed by atoms with E-state index in [4.69, 9.17) is 4.74 Å². The molecule has 7 heteroatoms. The highest BCUT2D eigenvalue weighted by molar-refractivity contribution is 7.11. The number of hydrogen-bond acceptors (Lipinski definition) is 6. The number of nitrogens with one attached hydrogen (secondary N) is 1. The summed E-state index contributed by atoms with van der Waals surface area (Å²) < 4.78 is 5.26. The fourth-order valence-electron chi connectivity index (χ4n) is 3.28. The van der Waals surface area contributed by atoms with Crippen LogP contribution in [-0.4, -0.2) is 54.2 Å². The minimum absolute atomic E-state index is 0.0603. The standard InChI is InChI=1S/C19H25N3O3S/c1-14-17(26-13-21-14)18(23)20-8-11-22-9-6-19(24,7-10-22)15-4-3-5-16(12-15)25-2/h3-5,12-13,24H,6-11H2,1-2H3,(H,20,23). The number of likely N-dealkylation sites (tertiary alicyclic amines) is 1. The average molecular weight is 375 g/mol. The van der Waals surface area contributed by atoms with Gasteiger partial charge in [0.05, 0.1) is 23.9 Å². The van der Waals surface area contributed by atoms with Gasteiger partial charge in [0.15, 0.2) is 0 Å². The number of carbonyl (C=O) groups is 1. The second-order valence-corrected chi connectivity index (χ2v) is 7.48. The number of ether oxygens (including phenoxy) is 1. The van der Waals surface area contributed by atoms with Crippen LogP contribution in [0.2, 0.25) is 0 Å². The summed E-state index contributed by atoms with van der Waals surface area (Å²) >= 11 is 1.36. The van der Waals surface area contributed by atoms with Gasteiger partial charge in [0.1, 0.15) is 10.6 Å². The molecule has 0 unspecified atom stereocenters. The summed E-state index contributed by atoms with van der Waals surface area (Å²) in [5, 5.41) is 13.9. The van der Waals surface area contributed by atoms with Gasteiger partial charge in [-0.1, -0.05) is 12.1 Å². The SMILES string of the molecule is COc1cccc(C2(O)CCN(CCNC(=O)c3scnc3C)CC2)c1. The van der Waals surface area contributed by atoms with E-state index >= 15 is 0 Å². The molecule has 0 aliphatic carbocycles. The molecule has 6 nitrogen and oxygen atoms in total. The van der Waals surface area contributed by atoms with E-state index in [1.165, 1.54) is 11.3 Å². The average Bonchev–Trinajstić information content (AvgIpc) is 3.09. The largest absolute Gasteiger partial charge is 0.497 e. The number of hydrogen-bond donors (Lipinski definition) is 2. The van der Waals surface area contributed by atoms with Crippen LogP contribution in [0, 0.1) is 6.92 Å². The molecule has 140 valence electrons. The summed E-state index contributed by atoms with van der Waals surface area (Å²) in [7, 11) is 1.63. The van der Waals surface area contributed by atoms with E-state index in [1.54, 1.807) is 12.6 Å². The molecule has 2 aromatic rings. The lowest BCUT2D eigenvalue weighted by molar-refractivity contribution is -0.0256. The van der Waals surface area contributed by atoms with Crippen LogP contribution in [0.5, 0.6) is 5.75 Å². The molecule has 1 aliphatic rings. The predicted molar refractivity (Wildman–Crippen MR) is 102 cm³/mol. The van der Waals surface area contributed by atoms with Crippen LogP contribution in [0.15, 0.2) is 29.8 Å². The van der Waals surface area contributed by atoms with Crippen LogP contribution in [0.25, 0.3) is 0 Å². The van der Waals surface area contributed by atoms with Crippen LogP contribution < -0.4 is 10.1 Å². The highest BCUT2D eigenvalue weighted by Crippen LogP contribution is 2.34. The molecular formula is C19H25N3O3S. The first-order chi connectivity index (χ1) is 12.5. The molecule has 2 heterocycles. The first-order valence-electron chi connectivity index (χ1n) is 8.79. The van der Waals surface area contributed by atoms with E-state index in [0.717, 1.165) is 36.6 Å². The molecular weight excluding hydrogens is 350 g/mol. The fourth-order valence-corrected chi connectivity index (χ4v) is 3.99. The highest BCUT2D eigenvalue weighted by Gasteiger charge is 2.34. The second kappa shape index (κ2) is 8.16. The first-order valence-corrected chi connectivity index (χ1v) is 9.67. The number of aliphatic hydroxyl groups is 1. The first kappa shape index (κ1) is 18.8. The minimum atomic E-state index is -0.811. The van der Waals surface area contributed by atoms with Crippen LogP contribution in [0.1, 0.15) is 33.8 Å². The molecule has 0 bridgehead atoms. The van der Waals surface area contributed by atoms with E-state index in [-0.39, 0.29) is 5.91 Å². The van der Waals surface area contributed by atoms with Gasteiger partial charge in [-0.15, -0.1) is 11.3 Å². The van der Waals surface area contributed by atoms with Gasteiger partial charge in [-0.25, -0.2) is 4.98 Å². The molecule has 26 heavy (non-hydrogen) atoms. The molecule has 3 rings (SSSR count). The Kier molecular flexibility index (Phi) is 5.90. The number of nitrogens with zero attached hydrogens (tertiary/aromatic N) is 2. The molecule has 1 aliphatic heterocycles. The van der Waals surface area contributed by atoms with Crippen molar-refractivity contribution in [2.24, 2.45) is 0 Å². The van der Waals surface area contributed by atoms with Gasteiger partial charge in [0.2, 0.25) is 0 Å². The molecule has 1 fully saturated rings. The Morgan fingerprint density at radius 3 is 2.85 bits per heavy atom. The van der Waals surface area contributed by atoms with Crippen molar-refractivity contribution in [2.75, 3.05) is 33.3 Å². The molecule has 1 aromatic heterocycles. The Labute approximate surface area is 157 Å². The lowest BCUT2D eigenvalue weighted by Crippen LogP contribution is -2.45. The Hall–Kier alpha value is -1.96. The van der Waals surface area contributed by atoms with Gasteiger partial charge >= 0.3 is 0 Å². The van der Waals surface area contributed by atoms with E-state index in [1.807, 2.05) is 31.2 Å². The van der Waals surface area contributed by atoms with Gasteiger partial charge in [0.25, 0.3) is 5.91 Å². The Morgan fingerprint density at radius 2 is 2.19 bits per heavy atom. The summed E-state index contributed by atoms with van der Waals surface area (Å²) in [6.07, 6.45) is 1.34. The number of aryl methyl sites for hydroxylation is 1. The molecule has 1 amide bonds. The van der Waals surface area contributed by atoms with Crippen LogP contribution in [0.3, 0.4) is 0 Å². The molecule has 1 saturated heterocycles. The zero-order valence-corrected chi connectivity index (χ0v) is 16.0. The van der Waals surface area contributed by atoms with Crippen molar-refractivity contribution < 1.29 is 14.6 Å². The zero-order chi connectivity index (χ0) is 18.6. The third-order valence-electron chi connectivity index (χ3n) is 4.96. The third-order valence-corrected chi connectivity index (χ3v) is 5.88. The van der Waals surface area contributed by atoms with E-state index < -0.39 is 5.60 Å². The topological polar surface area (TPSA) is 74.7 Å². The van der Waals surface area contributed by atoms with Gasteiger partial charge < -0.3 is 20.1 Å². The maximum absolute atomic E-state index is 12.1. The maximum atomic E-state index is 12.1. The number of methoxy groups -OCH3 is 1. The fraction of sp³-hybridized carbons (Fsp3) is 0.474. The van der Waals surface area contributed by atoms with Crippen molar-refractivity contribution >= 4 is 17.2 Å². The Morgan fingerprint density at radius 1 is 1.42 bits per heavy atom. The number of amides is 1. The normalized spacial score (nSPS) is 17.0. The van der Waals surface area contributed by atoms with Gasteiger partial charge in [-0.05, 0) is 37.5 Å². The molecule has 0 radical (unpaired) electrons. The highest BCUT2D eigenvalue weighted by atomic mass is 32.1. The van der Waals surface area contributed by atoms with Crippen molar-refractivity contribution in [2.45, 2.75) is 25.4 Å². The van der Waals surface area contributed by atoms with Gasteiger partial charge in [-0.3, -0.25) is 4.79 Å². The van der Waals surface area contributed by atoms with E-state index in [0.29, 0.717) is 24.3 Å². The minimum Gasteiger partial charge on any atom is -0.497 e. The predicted octanol–water partition coefficient (Wildman–Crippen LogP) is 2.17. The molecule has 0 spiro atoms. The molecule has 1 aromatic carbocycles. The van der Waals surface area contributed by atoms with E-state index in [9.17, 15) is 9.90 Å². The lowest BCUT2D eigenvalue weighted by Gasteiger charge is -2.38. The van der Waals surface area contributed by atoms with Crippen molar-refractivity contribution in [3.63, 3.8) is 0 Å². The van der Waals surface area contributed by atoms with Crippen molar-refractivity contribution in [1.82, 2.24) is 15.2 Å². The summed E-state index contributed by atoms with van der Waals surface area (Å²) in [6, 6.07) is 7.66.